The van der Waals surface area contributed by atoms with Crippen LogP contribution < -0.4 is 16.3 Å². The Bertz CT molecular complexity index is 334. The topological polar surface area (TPSA) is 73.6 Å². The second-order valence-electron chi connectivity index (χ2n) is 3.21. The van der Waals surface area contributed by atoms with Gasteiger partial charge in [0.15, 0.2) is 0 Å². The zero-order chi connectivity index (χ0) is 10.6. The summed E-state index contributed by atoms with van der Waals surface area (Å²) in [5.41, 5.74) is 6.33. The second-order valence-corrected chi connectivity index (χ2v) is 3.21. The number of hydrazone groups is 1. The van der Waals surface area contributed by atoms with E-state index in [2.05, 4.69) is 5.10 Å². The highest BCUT2D eigenvalue weighted by Crippen LogP contribution is 2.14. The lowest BCUT2D eigenvalue weighted by molar-refractivity contribution is 0.242. The highest BCUT2D eigenvalue weighted by atomic mass is 16.5. The van der Waals surface area contributed by atoms with Crippen LogP contribution in [0.25, 0.3) is 0 Å². The molecule has 0 aromatic heterocycles. The summed E-state index contributed by atoms with van der Waals surface area (Å²) in [5.74, 6) is 6.15. The predicted molar refractivity (Wildman–Crippen MR) is 57.1 cm³/mol. The van der Waals surface area contributed by atoms with Gasteiger partial charge >= 0.3 is 0 Å². The van der Waals surface area contributed by atoms with E-state index in [4.69, 9.17) is 16.3 Å². The van der Waals surface area contributed by atoms with Gasteiger partial charge in [0.2, 0.25) is 0 Å². The molecule has 1 aromatic carbocycles. The molecule has 76 valence electrons. The Labute approximate surface area is 83.5 Å². The van der Waals surface area contributed by atoms with E-state index in [1.807, 2.05) is 38.1 Å². The molecule has 0 bridgehead atoms. The van der Waals surface area contributed by atoms with Gasteiger partial charge in [0.05, 0.1) is 6.10 Å². The van der Waals surface area contributed by atoms with Gasteiger partial charge in [-0.2, -0.15) is 5.10 Å². The quantitative estimate of drug-likeness (QED) is 0.326. The first-order valence-corrected chi connectivity index (χ1v) is 4.44. The van der Waals surface area contributed by atoms with Crippen molar-refractivity contribution in [2.75, 3.05) is 0 Å². The van der Waals surface area contributed by atoms with Crippen molar-refractivity contribution in [2.24, 2.45) is 16.7 Å². The van der Waals surface area contributed by atoms with E-state index in [-0.39, 0.29) is 6.10 Å². The van der Waals surface area contributed by atoms with Gasteiger partial charge in [0.25, 0.3) is 0 Å². The Balaban J connectivity index is 2.90. The van der Waals surface area contributed by atoms with Crippen LogP contribution in [0.1, 0.15) is 19.4 Å². The molecule has 0 saturated carbocycles. The van der Waals surface area contributed by atoms with E-state index in [0.29, 0.717) is 5.84 Å². The molecule has 0 amide bonds. The fourth-order valence-electron chi connectivity index (χ4n) is 1.08. The number of ether oxygens (including phenoxy) is 1. The smallest absolute Gasteiger partial charge is 0.150 e. The Hall–Kier alpha value is -1.71. The SMILES string of the molecule is CC(C)Oc1cccc(/C(N)=N/N)c1. The van der Waals surface area contributed by atoms with Gasteiger partial charge in [-0.3, -0.25) is 0 Å². The van der Waals surface area contributed by atoms with Crippen LogP contribution in [-0.4, -0.2) is 11.9 Å². The van der Waals surface area contributed by atoms with Crippen molar-refractivity contribution in [2.45, 2.75) is 20.0 Å². The van der Waals surface area contributed by atoms with Crippen molar-refractivity contribution in [3.8, 4) is 5.75 Å². The highest BCUT2D eigenvalue weighted by Gasteiger charge is 2.01. The Morgan fingerprint density at radius 1 is 1.43 bits per heavy atom. The summed E-state index contributed by atoms with van der Waals surface area (Å²) in [6, 6.07) is 7.36. The summed E-state index contributed by atoms with van der Waals surface area (Å²) in [6.45, 7) is 3.93. The van der Waals surface area contributed by atoms with Gasteiger partial charge in [-0.05, 0) is 26.0 Å². The maximum absolute atomic E-state index is 5.56. The number of hydrogen-bond donors (Lipinski definition) is 2. The Morgan fingerprint density at radius 3 is 2.71 bits per heavy atom. The highest BCUT2D eigenvalue weighted by molar-refractivity contribution is 5.97. The van der Waals surface area contributed by atoms with E-state index in [9.17, 15) is 0 Å². The van der Waals surface area contributed by atoms with Crippen molar-refractivity contribution < 1.29 is 4.74 Å². The summed E-state index contributed by atoms with van der Waals surface area (Å²) in [7, 11) is 0. The van der Waals surface area contributed by atoms with E-state index in [1.54, 1.807) is 0 Å². The minimum atomic E-state index is 0.140. The van der Waals surface area contributed by atoms with Crippen LogP contribution >= 0.6 is 0 Å². The molecule has 0 spiro atoms. The van der Waals surface area contributed by atoms with Crippen LogP contribution in [0.4, 0.5) is 0 Å². The monoisotopic (exact) mass is 193 g/mol. The first kappa shape index (κ1) is 10.4. The van der Waals surface area contributed by atoms with E-state index in [1.165, 1.54) is 0 Å². The van der Waals surface area contributed by atoms with E-state index >= 15 is 0 Å². The Morgan fingerprint density at radius 2 is 2.14 bits per heavy atom. The number of hydrogen-bond acceptors (Lipinski definition) is 3. The molecule has 0 atom stereocenters. The predicted octanol–water partition coefficient (Wildman–Crippen LogP) is 1.05. The summed E-state index contributed by atoms with van der Waals surface area (Å²) in [5, 5.41) is 3.42. The average molecular weight is 193 g/mol. The van der Waals surface area contributed by atoms with Gasteiger partial charge in [0.1, 0.15) is 11.6 Å². The lowest BCUT2D eigenvalue weighted by Crippen LogP contribution is -2.15. The fourth-order valence-corrected chi connectivity index (χ4v) is 1.08. The molecule has 1 aromatic rings. The third kappa shape index (κ3) is 2.65. The molecule has 0 aliphatic heterocycles. The van der Waals surface area contributed by atoms with Gasteiger partial charge < -0.3 is 16.3 Å². The molecule has 0 fully saturated rings. The minimum absolute atomic E-state index is 0.140. The van der Waals surface area contributed by atoms with Crippen molar-refractivity contribution in [1.82, 2.24) is 0 Å². The molecular formula is C10H15N3O. The largest absolute Gasteiger partial charge is 0.491 e. The number of amidine groups is 1. The number of nitrogens with two attached hydrogens (primary N) is 2. The molecular weight excluding hydrogens is 178 g/mol. The first-order valence-electron chi connectivity index (χ1n) is 4.44. The molecule has 14 heavy (non-hydrogen) atoms. The van der Waals surface area contributed by atoms with Gasteiger partial charge in [-0.25, -0.2) is 0 Å². The van der Waals surface area contributed by atoms with Crippen LogP contribution in [0.5, 0.6) is 5.75 Å². The van der Waals surface area contributed by atoms with Crippen molar-refractivity contribution >= 4 is 5.84 Å². The van der Waals surface area contributed by atoms with Crippen molar-refractivity contribution in [3.63, 3.8) is 0 Å². The van der Waals surface area contributed by atoms with Crippen molar-refractivity contribution in [1.29, 1.82) is 0 Å². The summed E-state index contributed by atoms with van der Waals surface area (Å²) in [4.78, 5) is 0. The van der Waals surface area contributed by atoms with E-state index in [0.717, 1.165) is 11.3 Å². The standard InChI is InChI=1S/C10H15N3O/c1-7(2)14-9-5-3-4-8(6-9)10(11)13-12/h3-7H,12H2,1-2H3,(H2,11,13). The van der Waals surface area contributed by atoms with Gasteiger partial charge in [-0.15, -0.1) is 0 Å². The molecule has 0 unspecified atom stereocenters. The molecule has 0 aliphatic carbocycles. The third-order valence-electron chi connectivity index (χ3n) is 1.64. The Kier molecular flexibility index (Phi) is 3.34. The third-order valence-corrected chi connectivity index (χ3v) is 1.64. The molecule has 0 radical (unpaired) electrons. The maximum atomic E-state index is 5.56. The number of benzene rings is 1. The fraction of sp³-hybridized carbons (Fsp3) is 0.300. The number of nitrogens with zero attached hydrogens (tertiary/aromatic N) is 1. The molecule has 4 N–H and O–H groups in total. The molecule has 4 nitrogen and oxygen atoms in total. The van der Waals surface area contributed by atoms with Crippen LogP contribution in [0.15, 0.2) is 29.4 Å². The van der Waals surface area contributed by atoms with Crippen LogP contribution in [0.3, 0.4) is 0 Å². The van der Waals surface area contributed by atoms with Crippen LogP contribution in [0, 0.1) is 0 Å². The molecule has 0 saturated heterocycles. The zero-order valence-electron chi connectivity index (χ0n) is 8.40. The van der Waals surface area contributed by atoms with Gasteiger partial charge in [0, 0.05) is 5.56 Å². The van der Waals surface area contributed by atoms with Crippen LogP contribution in [-0.2, 0) is 0 Å². The van der Waals surface area contributed by atoms with Crippen molar-refractivity contribution in [3.05, 3.63) is 29.8 Å². The first-order chi connectivity index (χ1) is 6.63. The minimum Gasteiger partial charge on any atom is -0.491 e. The van der Waals surface area contributed by atoms with Crippen LogP contribution in [0.2, 0.25) is 0 Å². The molecule has 1 rings (SSSR count). The lowest BCUT2D eigenvalue weighted by atomic mass is 10.2. The molecule has 0 aliphatic rings. The molecule has 4 heteroatoms. The maximum Gasteiger partial charge on any atom is 0.150 e. The second kappa shape index (κ2) is 4.50. The van der Waals surface area contributed by atoms with Gasteiger partial charge in [-0.1, -0.05) is 12.1 Å². The summed E-state index contributed by atoms with van der Waals surface area (Å²) < 4.78 is 5.50. The normalized spacial score (nSPS) is 11.8. The molecule has 0 heterocycles. The zero-order valence-corrected chi connectivity index (χ0v) is 8.40. The summed E-state index contributed by atoms with van der Waals surface area (Å²) >= 11 is 0. The average Bonchev–Trinajstić information content (AvgIpc) is 2.16. The lowest BCUT2D eigenvalue weighted by Gasteiger charge is -2.10. The summed E-state index contributed by atoms with van der Waals surface area (Å²) in [6.07, 6.45) is 0.140. The van der Waals surface area contributed by atoms with E-state index < -0.39 is 0 Å². The number of rotatable bonds is 3.